The summed E-state index contributed by atoms with van der Waals surface area (Å²) in [4.78, 5) is 40.0. The van der Waals surface area contributed by atoms with E-state index < -0.39 is 46.0 Å². The minimum atomic E-state index is -1.36. The van der Waals surface area contributed by atoms with Gasteiger partial charge < -0.3 is 43.4 Å². The quantitative estimate of drug-likeness (QED) is 0.200. The van der Waals surface area contributed by atoms with Crippen molar-refractivity contribution >= 4 is 23.6 Å². The van der Waals surface area contributed by atoms with Crippen LogP contribution in [0.3, 0.4) is 0 Å². The van der Waals surface area contributed by atoms with Gasteiger partial charge in [0.2, 0.25) is 23.6 Å². The van der Waals surface area contributed by atoms with Crippen LogP contribution in [0.5, 0.6) is 0 Å². The molecule has 12 N–H and O–H groups in total. The van der Waals surface area contributed by atoms with Crippen LogP contribution in [0.15, 0.2) is 0 Å². The van der Waals surface area contributed by atoms with Gasteiger partial charge in [-0.15, -0.1) is 0 Å². The average molecular weight is 460 g/mol. The van der Waals surface area contributed by atoms with E-state index >= 15 is 0 Å². The minimum absolute atomic E-state index is 0. The molecule has 29 heavy (non-hydrogen) atoms. The van der Waals surface area contributed by atoms with E-state index in [-0.39, 0.29) is 21.7 Å². The van der Waals surface area contributed by atoms with Gasteiger partial charge in [-0.1, -0.05) is 0 Å². The van der Waals surface area contributed by atoms with Crippen molar-refractivity contribution in [2.45, 2.75) is 77.8 Å². The minimum Gasteiger partial charge on any atom is -0.381 e. The Labute approximate surface area is 185 Å². The monoisotopic (exact) mass is 460 g/mol. The molecule has 0 aromatic rings. The van der Waals surface area contributed by atoms with Gasteiger partial charge in [0.25, 0.3) is 0 Å². The van der Waals surface area contributed by atoms with Gasteiger partial charge in [0.05, 0.1) is 0 Å². The molecule has 0 saturated carbocycles. The van der Waals surface area contributed by atoms with Crippen molar-refractivity contribution in [3.05, 3.63) is 0 Å². The van der Waals surface area contributed by atoms with Gasteiger partial charge >= 0.3 is 0 Å². The van der Waals surface area contributed by atoms with E-state index in [1.54, 1.807) is 0 Å². The number of rotatable bonds is 4. The SMILES string of the molecule is CC(C)(O)C(N)=O.CC(C)(O)C(N)=O.CC(C)(O)C(N)=O.CC(C)(O)C(N)=O.[Ti]. The van der Waals surface area contributed by atoms with Gasteiger partial charge in [0.1, 0.15) is 22.4 Å². The number of aliphatic hydroxyl groups is 4. The maximum absolute atomic E-state index is 9.99. The molecule has 12 nitrogen and oxygen atoms in total. The van der Waals surface area contributed by atoms with Crippen molar-refractivity contribution < 1.29 is 61.3 Å². The second kappa shape index (κ2) is 14.4. The van der Waals surface area contributed by atoms with E-state index in [0.29, 0.717) is 0 Å². The molecule has 0 heterocycles. The van der Waals surface area contributed by atoms with Crippen molar-refractivity contribution in [1.82, 2.24) is 0 Å². The molecule has 0 aliphatic carbocycles. The number of amides is 4. The molecule has 0 bridgehead atoms. The van der Waals surface area contributed by atoms with E-state index in [2.05, 4.69) is 22.9 Å². The van der Waals surface area contributed by atoms with Gasteiger partial charge in [0, 0.05) is 21.7 Å². The van der Waals surface area contributed by atoms with Gasteiger partial charge in [-0.3, -0.25) is 19.2 Å². The van der Waals surface area contributed by atoms with Crippen LogP contribution in [0, 0.1) is 0 Å². The van der Waals surface area contributed by atoms with Crippen LogP contribution < -0.4 is 22.9 Å². The topological polar surface area (TPSA) is 253 Å². The molecule has 0 spiro atoms. The molecule has 4 amide bonds. The molecule has 0 atom stereocenters. The van der Waals surface area contributed by atoms with Crippen molar-refractivity contribution in [3.8, 4) is 0 Å². The van der Waals surface area contributed by atoms with E-state index in [1.807, 2.05) is 0 Å². The number of hydrogen-bond acceptors (Lipinski definition) is 8. The van der Waals surface area contributed by atoms with Crippen LogP contribution in [0.25, 0.3) is 0 Å². The Bertz CT molecular complexity index is 431. The van der Waals surface area contributed by atoms with Crippen LogP contribution in [0.4, 0.5) is 0 Å². The van der Waals surface area contributed by atoms with Crippen LogP contribution in [-0.2, 0) is 40.9 Å². The molecule has 0 fully saturated rings. The summed E-state index contributed by atoms with van der Waals surface area (Å²) >= 11 is 0. The fraction of sp³-hybridized carbons (Fsp3) is 0.750. The first-order valence-corrected chi connectivity index (χ1v) is 7.87. The zero-order chi connectivity index (χ0) is 24.3. The summed E-state index contributed by atoms with van der Waals surface area (Å²) in [5.41, 5.74) is 13.3. The Kier molecular flexibility index (Phi) is 18.9. The number of nitrogens with two attached hydrogens (primary N) is 4. The fourth-order valence-corrected chi connectivity index (χ4v) is 0. The molecular formula is C16H36N4O8Ti. The van der Waals surface area contributed by atoms with Crippen LogP contribution >= 0.6 is 0 Å². The summed E-state index contributed by atoms with van der Waals surface area (Å²) in [5.74, 6) is -2.81. The fourth-order valence-electron chi connectivity index (χ4n) is 0. The molecule has 172 valence electrons. The maximum atomic E-state index is 9.99. The molecular weight excluding hydrogens is 424 g/mol. The molecule has 0 unspecified atom stereocenters. The molecule has 0 aliphatic heterocycles. The molecule has 0 saturated heterocycles. The summed E-state index contributed by atoms with van der Waals surface area (Å²) < 4.78 is 0. The smallest absolute Gasteiger partial charge is 0.248 e. The second-order valence-corrected chi connectivity index (χ2v) is 7.69. The third kappa shape index (κ3) is 31.4. The van der Waals surface area contributed by atoms with Crippen LogP contribution in [-0.4, -0.2) is 66.5 Å². The zero-order valence-electron chi connectivity index (χ0n) is 18.2. The average Bonchev–Trinajstić information content (AvgIpc) is 2.35. The number of carbonyl (C=O) groups excluding carboxylic acids is 4. The van der Waals surface area contributed by atoms with Crippen molar-refractivity contribution in [3.63, 3.8) is 0 Å². The molecule has 0 rings (SSSR count). The Morgan fingerprint density at radius 1 is 0.448 bits per heavy atom. The van der Waals surface area contributed by atoms with Gasteiger partial charge in [0.15, 0.2) is 0 Å². The summed E-state index contributed by atoms with van der Waals surface area (Å²) in [6, 6.07) is 0. The summed E-state index contributed by atoms with van der Waals surface area (Å²) in [6.45, 7) is 10.7. The van der Waals surface area contributed by atoms with Crippen molar-refractivity contribution in [2.24, 2.45) is 22.9 Å². The zero-order valence-corrected chi connectivity index (χ0v) is 19.8. The molecule has 13 heteroatoms. The van der Waals surface area contributed by atoms with Gasteiger partial charge in [-0.25, -0.2) is 0 Å². The Hall–Kier alpha value is -1.57. The third-order valence-corrected chi connectivity index (χ3v) is 2.41. The van der Waals surface area contributed by atoms with Gasteiger partial charge in [-0.05, 0) is 55.4 Å². The van der Waals surface area contributed by atoms with Crippen molar-refractivity contribution in [2.75, 3.05) is 0 Å². The Morgan fingerprint density at radius 3 is 0.483 bits per heavy atom. The largest absolute Gasteiger partial charge is 0.381 e. The maximum Gasteiger partial charge on any atom is 0.248 e. The standard InChI is InChI=1S/4C4H9NO2.Ti/c4*1-4(2,7)3(5)6;/h4*7H,1-2H3,(H2,5,6);. The number of hydrogen-bond donors (Lipinski definition) is 8. The van der Waals surface area contributed by atoms with Crippen LogP contribution in [0.1, 0.15) is 55.4 Å². The Balaban J connectivity index is -0.0000000873. The van der Waals surface area contributed by atoms with E-state index in [9.17, 15) is 19.2 Å². The normalized spacial score (nSPS) is 10.9. The van der Waals surface area contributed by atoms with E-state index in [1.165, 1.54) is 55.4 Å². The Morgan fingerprint density at radius 2 is 0.483 bits per heavy atom. The molecule has 0 aromatic heterocycles. The number of carbonyl (C=O) groups is 4. The van der Waals surface area contributed by atoms with E-state index in [4.69, 9.17) is 20.4 Å². The predicted octanol–water partition coefficient (Wildman–Crippen LogP) is -3.03. The molecule has 0 aliphatic rings. The molecule has 0 aromatic carbocycles. The summed E-state index contributed by atoms with van der Waals surface area (Å²) in [6.07, 6.45) is 0. The second-order valence-electron chi connectivity index (χ2n) is 7.69. The van der Waals surface area contributed by atoms with Crippen molar-refractivity contribution in [1.29, 1.82) is 0 Å². The predicted molar refractivity (Wildman–Crippen MR) is 102 cm³/mol. The first kappa shape index (κ1) is 38.1. The number of primary amides is 4. The van der Waals surface area contributed by atoms with Crippen LogP contribution in [0.2, 0.25) is 0 Å². The third-order valence-electron chi connectivity index (χ3n) is 2.41. The first-order valence-electron chi connectivity index (χ1n) is 7.87. The summed E-state index contributed by atoms with van der Waals surface area (Å²) in [5, 5.41) is 34.5. The first-order chi connectivity index (χ1) is 11.8. The van der Waals surface area contributed by atoms with Gasteiger partial charge in [-0.2, -0.15) is 0 Å². The van der Waals surface area contributed by atoms with E-state index in [0.717, 1.165) is 0 Å². The molecule has 0 radical (unpaired) electrons. The summed E-state index contributed by atoms with van der Waals surface area (Å²) in [7, 11) is 0.